The van der Waals surface area contributed by atoms with Gasteiger partial charge in [-0.1, -0.05) is 140 Å². The highest BCUT2D eigenvalue weighted by Gasteiger charge is 2.24. The van der Waals surface area contributed by atoms with Gasteiger partial charge in [-0.2, -0.15) is 0 Å². The summed E-state index contributed by atoms with van der Waals surface area (Å²) in [7, 11) is 0. The quantitative estimate of drug-likeness (QED) is 0.170. The fourth-order valence-electron chi connectivity index (χ4n) is 8.85. The van der Waals surface area contributed by atoms with Crippen LogP contribution in [0.4, 0.5) is 17.1 Å². The van der Waals surface area contributed by atoms with Gasteiger partial charge in [0.15, 0.2) is 0 Å². The molecule has 0 radical (unpaired) electrons. The van der Waals surface area contributed by atoms with E-state index in [1.54, 1.807) is 0 Å². The van der Waals surface area contributed by atoms with E-state index in [-0.39, 0.29) is 0 Å². The van der Waals surface area contributed by atoms with Crippen molar-refractivity contribution in [2.75, 3.05) is 4.90 Å². The highest BCUT2D eigenvalue weighted by molar-refractivity contribution is 6.33. The zero-order valence-corrected chi connectivity index (χ0v) is 31.2. The number of furan rings is 3. The second kappa shape index (κ2) is 12.9. The third-order valence-corrected chi connectivity index (χ3v) is 11.5. The Hall–Kier alpha value is -7.82. The van der Waals surface area contributed by atoms with Crippen LogP contribution in [0.5, 0.6) is 0 Å². The molecule has 0 fully saturated rings. The molecule has 0 bridgehead atoms. The van der Waals surface area contributed by atoms with E-state index in [4.69, 9.17) is 13.3 Å². The standard InChI is InChI=1S/C54H33NO3/c1-3-13-34(14-4-1)35-23-27-38(28-24-35)55(44-20-10-7-17-40(44)36-15-5-2-6-16-36)39-29-25-37(26-30-39)43-33-49-53(54-50(43)41-18-8-12-22-46(41)58-54)52-48(57-49)32-31-47-51(52)42-19-9-11-21-45(42)56-47/h1-33H. The molecule has 3 aromatic heterocycles. The predicted octanol–water partition coefficient (Wildman–Crippen LogP) is 15.9. The first-order valence-corrected chi connectivity index (χ1v) is 19.6. The second-order valence-corrected chi connectivity index (χ2v) is 14.8. The van der Waals surface area contributed by atoms with Gasteiger partial charge in [0.25, 0.3) is 0 Å². The summed E-state index contributed by atoms with van der Waals surface area (Å²) in [6.07, 6.45) is 0. The van der Waals surface area contributed by atoms with Crippen molar-refractivity contribution in [3.8, 4) is 33.4 Å². The van der Waals surface area contributed by atoms with Gasteiger partial charge in [0.2, 0.25) is 0 Å². The molecule has 12 aromatic rings. The Labute approximate surface area is 333 Å². The van der Waals surface area contributed by atoms with Gasteiger partial charge in [-0.05, 0) is 88.5 Å². The number of hydrogen-bond acceptors (Lipinski definition) is 4. The molecule has 0 spiro atoms. The summed E-state index contributed by atoms with van der Waals surface area (Å²) in [6.45, 7) is 0. The van der Waals surface area contributed by atoms with Crippen molar-refractivity contribution < 1.29 is 13.3 Å². The van der Waals surface area contributed by atoms with Gasteiger partial charge >= 0.3 is 0 Å². The van der Waals surface area contributed by atoms with Crippen LogP contribution in [0.2, 0.25) is 0 Å². The maximum absolute atomic E-state index is 6.81. The lowest BCUT2D eigenvalue weighted by Gasteiger charge is -2.28. The smallest absolute Gasteiger partial charge is 0.147 e. The van der Waals surface area contributed by atoms with E-state index in [0.29, 0.717) is 0 Å². The molecule has 272 valence electrons. The normalized spacial score (nSPS) is 11.8. The van der Waals surface area contributed by atoms with Crippen molar-refractivity contribution in [1.82, 2.24) is 0 Å². The lowest BCUT2D eigenvalue weighted by molar-refractivity contribution is 0.660. The van der Waals surface area contributed by atoms with Crippen molar-refractivity contribution in [3.63, 3.8) is 0 Å². The fraction of sp³-hybridized carbons (Fsp3) is 0. The SMILES string of the molecule is c1ccc(-c2ccc(N(c3ccc(-c4cc5oc6ccc7oc8ccccc8c7c6c5c5oc6ccccc6c45)cc3)c3ccccc3-c3ccccc3)cc2)cc1. The van der Waals surface area contributed by atoms with E-state index in [9.17, 15) is 0 Å². The maximum Gasteiger partial charge on any atom is 0.147 e. The summed E-state index contributed by atoms with van der Waals surface area (Å²) in [5, 5.41) is 6.19. The Morgan fingerprint density at radius 3 is 1.50 bits per heavy atom. The molecule has 9 aromatic carbocycles. The zero-order chi connectivity index (χ0) is 38.2. The highest BCUT2D eigenvalue weighted by Crippen LogP contribution is 2.48. The molecule has 58 heavy (non-hydrogen) atoms. The maximum atomic E-state index is 6.81. The largest absolute Gasteiger partial charge is 0.456 e. The van der Waals surface area contributed by atoms with Crippen LogP contribution in [0.3, 0.4) is 0 Å². The van der Waals surface area contributed by atoms with E-state index in [2.05, 4.69) is 169 Å². The van der Waals surface area contributed by atoms with Crippen LogP contribution in [0.1, 0.15) is 0 Å². The molecule has 4 nitrogen and oxygen atoms in total. The summed E-state index contributed by atoms with van der Waals surface area (Å²) in [5.41, 5.74) is 14.9. The average molecular weight is 744 g/mol. The van der Waals surface area contributed by atoms with Gasteiger partial charge in [0, 0.05) is 43.9 Å². The third kappa shape index (κ3) is 5.02. The molecule has 0 aliphatic rings. The van der Waals surface area contributed by atoms with Crippen LogP contribution in [0.25, 0.3) is 99.2 Å². The van der Waals surface area contributed by atoms with Crippen molar-refractivity contribution >= 4 is 82.9 Å². The fourth-order valence-corrected chi connectivity index (χ4v) is 8.85. The van der Waals surface area contributed by atoms with Gasteiger partial charge in [-0.25, -0.2) is 0 Å². The lowest BCUT2D eigenvalue weighted by Crippen LogP contribution is -2.11. The summed E-state index contributed by atoms with van der Waals surface area (Å²) >= 11 is 0. The summed E-state index contributed by atoms with van der Waals surface area (Å²) in [6, 6.07) is 70.2. The molecule has 0 amide bonds. The Balaban J connectivity index is 1.05. The molecular weight excluding hydrogens is 711 g/mol. The van der Waals surface area contributed by atoms with E-state index < -0.39 is 0 Å². The Morgan fingerprint density at radius 2 is 0.793 bits per heavy atom. The van der Waals surface area contributed by atoms with Crippen molar-refractivity contribution in [1.29, 1.82) is 0 Å². The average Bonchev–Trinajstić information content (AvgIpc) is 3.99. The molecule has 0 aliphatic carbocycles. The molecule has 4 heteroatoms. The molecule has 0 aliphatic heterocycles. The highest BCUT2D eigenvalue weighted by atomic mass is 16.3. The summed E-state index contributed by atoms with van der Waals surface area (Å²) in [5.74, 6) is 0. The molecule has 0 unspecified atom stereocenters. The van der Waals surface area contributed by atoms with Gasteiger partial charge in [-0.15, -0.1) is 0 Å². The zero-order valence-electron chi connectivity index (χ0n) is 31.2. The monoisotopic (exact) mass is 743 g/mol. The number of anilines is 3. The van der Waals surface area contributed by atoms with Crippen LogP contribution in [-0.2, 0) is 0 Å². The number of para-hydroxylation sites is 3. The van der Waals surface area contributed by atoms with Crippen molar-refractivity contribution in [3.05, 3.63) is 200 Å². The first-order valence-electron chi connectivity index (χ1n) is 19.6. The minimum absolute atomic E-state index is 0.773. The van der Waals surface area contributed by atoms with Gasteiger partial charge in [-0.3, -0.25) is 0 Å². The second-order valence-electron chi connectivity index (χ2n) is 14.8. The van der Waals surface area contributed by atoms with Gasteiger partial charge in [0.1, 0.15) is 33.5 Å². The third-order valence-electron chi connectivity index (χ3n) is 11.5. The lowest BCUT2D eigenvalue weighted by atomic mass is 9.95. The molecule has 3 heterocycles. The van der Waals surface area contributed by atoms with Crippen molar-refractivity contribution in [2.45, 2.75) is 0 Å². The van der Waals surface area contributed by atoms with Crippen LogP contribution < -0.4 is 4.90 Å². The molecule has 0 atom stereocenters. The number of nitrogens with zero attached hydrogens (tertiary/aromatic N) is 1. The van der Waals surface area contributed by atoms with E-state index in [0.717, 1.165) is 105 Å². The van der Waals surface area contributed by atoms with Crippen LogP contribution >= 0.6 is 0 Å². The molecule has 0 saturated heterocycles. The van der Waals surface area contributed by atoms with Gasteiger partial charge < -0.3 is 18.2 Å². The van der Waals surface area contributed by atoms with Gasteiger partial charge in [0.05, 0.1) is 11.1 Å². The first-order chi connectivity index (χ1) is 28.8. The Kier molecular flexibility index (Phi) is 7.20. The minimum atomic E-state index is 0.773. The first kappa shape index (κ1) is 32.4. The molecule has 0 N–H and O–H groups in total. The number of rotatable bonds is 6. The summed E-state index contributed by atoms with van der Waals surface area (Å²) < 4.78 is 19.8. The number of hydrogen-bond donors (Lipinski definition) is 0. The summed E-state index contributed by atoms with van der Waals surface area (Å²) in [4.78, 5) is 2.35. The predicted molar refractivity (Wildman–Crippen MR) is 239 cm³/mol. The molecular formula is C54H33NO3. The van der Waals surface area contributed by atoms with E-state index in [1.807, 2.05) is 36.4 Å². The Morgan fingerprint density at radius 1 is 0.293 bits per heavy atom. The topological polar surface area (TPSA) is 42.7 Å². The van der Waals surface area contributed by atoms with Crippen LogP contribution in [0.15, 0.2) is 213 Å². The van der Waals surface area contributed by atoms with Crippen molar-refractivity contribution in [2.24, 2.45) is 0 Å². The Bertz CT molecular complexity index is 3480. The number of fused-ring (bicyclic) bond motifs is 11. The molecule has 0 saturated carbocycles. The van der Waals surface area contributed by atoms with Crippen LogP contribution in [0, 0.1) is 0 Å². The van der Waals surface area contributed by atoms with Crippen LogP contribution in [-0.4, -0.2) is 0 Å². The molecule has 12 rings (SSSR count). The van der Waals surface area contributed by atoms with E-state index >= 15 is 0 Å². The number of benzene rings is 9. The minimum Gasteiger partial charge on any atom is -0.456 e. The van der Waals surface area contributed by atoms with E-state index in [1.165, 1.54) is 11.1 Å².